The minimum absolute atomic E-state index is 0.0716. The Labute approximate surface area is 107 Å². The number of aliphatic imine (C=N–C) groups is 1. The largest absolute Gasteiger partial charge is 0.370 e. The number of aromatic nitrogens is 2. The number of rotatable bonds is 3. The number of nitrogens with two attached hydrogens (primary N) is 1. The van der Waals surface area contributed by atoms with Gasteiger partial charge in [0.25, 0.3) is 0 Å². The number of guanidine groups is 1. The monoisotopic (exact) mass is 255 g/mol. The fraction of sp³-hybridized carbons (Fsp3) is 0.727. The fourth-order valence-electron chi connectivity index (χ4n) is 1.14. The van der Waals surface area contributed by atoms with Gasteiger partial charge >= 0.3 is 0 Å². The van der Waals surface area contributed by atoms with Crippen molar-refractivity contribution in [1.82, 2.24) is 15.5 Å². The van der Waals surface area contributed by atoms with Gasteiger partial charge in [-0.25, -0.2) is 4.99 Å². The van der Waals surface area contributed by atoms with E-state index in [1.54, 1.807) is 11.3 Å². The third-order valence-electron chi connectivity index (χ3n) is 1.86. The fourth-order valence-corrected chi connectivity index (χ4v) is 1.91. The lowest BCUT2D eigenvalue weighted by molar-refractivity contribution is 0.508. The van der Waals surface area contributed by atoms with Gasteiger partial charge in [-0.05, 0) is 20.8 Å². The van der Waals surface area contributed by atoms with Gasteiger partial charge in [0.05, 0.1) is 6.54 Å². The number of hydrogen-bond donors (Lipinski definition) is 2. The first-order valence-electron chi connectivity index (χ1n) is 5.68. The van der Waals surface area contributed by atoms with Crippen LogP contribution < -0.4 is 11.1 Å². The van der Waals surface area contributed by atoms with Crippen LogP contribution in [-0.4, -0.2) is 21.7 Å². The van der Waals surface area contributed by atoms with E-state index in [0.29, 0.717) is 18.4 Å². The quantitative estimate of drug-likeness (QED) is 0.638. The molecule has 0 aliphatic carbocycles. The molecule has 96 valence electrons. The van der Waals surface area contributed by atoms with Gasteiger partial charge in [0.15, 0.2) is 5.96 Å². The predicted molar refractivity (Wildman–Crippen MR) is 72.2 cm³/mol. The first kappa shape index (κ1) is 13.9. The predicted octanol–water partition coefficient (Wildman–Crippen LogP) is 1.86. The number of nitrogens with one attached hydrogen (secondary N) is 1. The van der Waals surface area contributed by atoms with E-state index in [1.165, 1.54) is 0 Å². The summed E-state index contributed by atoms with van der Waals surface area (Å²) in [5.74, 6) is 0.856. The van der Waals surface area contributed by atoms with E-state index >= 15 is 0 Å². The Hall–Kier alpha value is -1.17. The summed E-state index contributed by atoms with van der Waals surface area (Å²) in [5, 5.41) is 13.2. The second-order valence-electron chi connectivity index (χ2n) is 5.27. The molecule has 0 saturated heterocycles. The Morgan fingerprint density at radius 2 is 2.06 bits per heavy atom. The second kappa shape index (κ2) is 5.44. The van der Waals surface area contributed by atoms with Crippen molar-refractivity contribution in [3.63, 3.8) is 0 Å². The van der Waals surface area contributed by atoms with Gasteiger partial charge in [0, 0.05) is 11.5 Å². The Balaban J connectivity index is 2.57. The molecule has 0 fully saturated rings. The molecular weight excluding hydrogens is 234 g/mol. The van der Waals surface area contributed by atoms with E-state index in [9.17, 15) is 0 Å². The van der Waals surface area contributed by atoms with Crippen LogP contribution in [0.2, 0.25) is 0 Å². The molecule has 0 aliphatic rings. The molecule has 1 heterocycles. The summed E-state index contributed by atoms with van der Waals surface area (Å²) < 4.78 is 0. The topological polar surface area (TPSA) is 76.2 Å². The van der Waals surface area contributed by atoms with Crippen LogP contribution in [-0.2, 0) is 6.54 Å². The van der Waals surface area contributed by atoms with Gasteiger partial charge in [-0.2, -0.15) is 0 Å². The summed E-state index contributed by atoms with van der Waals surface area (Å²) in [7, 11) is 0. The highest BCUT2D eigenvalue weighted by atomic mass is 32.1. The summed E-state index contributed by atoms with van der Waals surface area (Å²) in [6, 6.07) is 0. The summed E-state index contributed by atoms with van der Waals surface area (Å²) in [6.07, 6.45) is 0. The zero-order valence-corrected chi connectivity index (χ0v) is 11.9. The molecule has 0 amide bonds. The Kier molecular flexibility index (Phi) is 4.45. The lowest BCUT2D eigenvalue weighted by Gasteiger charge is -2.20. The maximum atomic E-state index is 5.77. The molecule has 0 atom stereocenters. The van der Waals surface area contributed by atoms with Crippen LogP contribution in [0, 0.1) is 0 Å². The van der Waals surface area contributed by atoms with Gasteiger partial charge in [-0.1, -0.05) is 25.2 Å². The lowest BCUT2D eigenvalue weighted by Crippen LogP contribution is -2.44. The Morgan fingerprint density at radius 3 is 2.53 bits per heavy atom. The number of hydrogen-bond acceptors (Lipinski definition) is 4. The third kappa shape index (κ3) is 5.12. The molecule has 0 spiro atoms. The van der Waals surface area contributed by atoms with Crippen molar-refractivity contribution >= 4 is 17.3 Å². The summed E-state index contributed by atoms with van der Waals surface area (Å²) in [5.41, 5.74) is 5.70. The highest BCUT2D eigenvalue weighted by Gasteiger charge is 2.10. The molecule has 6 heteroatoms. The van der Waals surface area contributed by atoms with Crippen LogP contribution in [0.5, 0.6) is 0 Å². The van der Waals surface area contributed by atoms with Gasteiger partial charge < -0.3 is 11.1 Å². The molecule has 0 unspecified atom stereocenters. The normalized spacial score (nSPS) is 13.2. The summed E-state index contributed by atoms with van der Waals surface area (Å²) >= 11 is 1.59. The zero-order valence-electron chi connectivity index (χ0n) is 11.1. The maximum Gasteiger partial charge on any atom is 0.189 e. The third-order valence-corrected chi connectivity index (χ3v) is 3.07. The van der Waals surface area contributed by atoms with Crippen LogP contribution in [0.25, 0.3) is 0 Å². The van der Waals surface area contributed by atoms with E-state index < -0.39 is 0 Å². The molecule has 0 saturated carbocycles. The van der Waals surface area contributed by atoms with Crippen molar-refractivity contribution in [2.45, 2.75) is 52.6 Å². The number of nitrogens with zero attached hydrogens (tertiary/aromatic N) is 3. The molecule has 1 rings (SSSR count). The van der Waals surface area contributed by atoms with Gasteiger partial charge in [-0.15, -0.1) is 10.2 Å². The van der Waals surface area contributed by atoms with Gasteiger partial charge in [0.1, 0.15) is 10.0 Å². The van der Waals surface area contributed by atoms with Crippen molar-refractivity contribution < 1.29 is 0 Å². The average Bonchev–Trinajstić information content (AvgIpc) is 2.60. The molecule has 5 nitrogen and oxygen atoms in total. The molecule has 17 heavy (non-hydrogen) atoms. The van der Waals surface area contributed by atoms with Crippen LogP contribution in [0.1, 0.15) is 50.6 Å². The minimum atomic E-state index is -0.0716. The summed E-state index contributed by atoms with van der Waals surface area (Å²) in [4.78, 5) is 4.24. The molecule has 0 bridgehead atoms. The van der Waals surface area contributed by atoms with E-state index in [0.717, 1.165) is 10.0 Å². The molecule has 1 aromatic heterocycles. The SMILES string of the molecule is CC(C)c1nnc(CN=C(N)NC(C)(C)C)s1. The molecule has 0 aromatic carbocycles. The van der Waals surface area contributed by atoms with Crippen LogP contribution in [0.4, 0.5) is 0 Å². The second-order valence-corrected chi connectivity index (χ2v) is 6.36. The Morgan fingerprint density at radius 1 is 1.41 bits per heavy atom. The van der Waals surface area contributed by atoms with Crippen molar-refractivity contribution in [2.24, 2.45) is 10.7 Å². The van der Waals surface area contributed by atoms with Crippen LogP contribution in [0.3, 0.4) is 0 Å². The first-order valence-corrected chi connectivity index (χ1v) is 6.50. The molecule has 1 aromatic rings. The highest BCUT2D eigenvalue weighted by Crippen LogP contribution is 2.19. The van der Waals surface area contributed by atoms with Crippen LogP contribution >= 0.6 is 11.3 Å². The standard InChI is InChI=1S/C11H21N5S/c1-7(2)9-16-15-8(17-9)6-13-10(12)14-11(3,4)5/h7H,6H2,1-5H3,(H3,12,13,14). The van der Waals surface area contributed by atoms with Crippen molar-refractivity contribution in [2.75, 3.05) is 0 Å². The van der Waals surface area contributed by atoms with Gasteiger partial charge in [-0.3, -0.25) is 0 Å². The van der Waals surface area contributed by atoms with E-state index in [2.05, 4.69) is 34.4 Å². The van der Waals surface area contributed by atoms with E-state index in [4.69, 9.17) is 5.73 Å². The van der Waals surface area contributed by atoms with Crippen molar-refractivity contribution in [3.8, 4) is 0 Å². The molecule has 0 radical (unpaired) electrons. The average molecular weight is 255 g/mol. The van der Waals surface area contributed by atoms with Crippen molar-refractivity contribution in [3.05, 3.63) is 10.0 Å². The van der Waals surface area contributed by atoms with E-state index in [1.807, 2.05) is 20.8 Å². The smallest absolute Gasteiger partial charge is 0.189 e. The van der Waals surface area contributed by atoms with Crippen LogP contribution in [0.15, 0.2) is 4.99 Å². The Bertz CT molecular complexity index is 389. The maximum absolute atomic E-state index is 5.77. The zero-order chi connectivity index (χ0) is 13.1. The van der Waals surface area contributed by atoms with Crippen molar-refractivity contribution in [1.29, 1.82) is 0 Å². The van der Waals surface area contributed by atoms with E-state index in [-0.39, 0.29) is 5.54 Å². The van der Waals surface area contributed by atoms with Gasteiger partial charge in [0.2, 0.25) is 0 Å². The molecular formula is C11H21N5S. The first-order chi connectivity index (χ1) is 7.78. The molecule has 0 aliphatic heterocycles. The highest BCUT2D eigenvalue weighted by molar-refractivity contribution is 7.11. The lowest BCUT2D eigenvalue weighted by atomic mass is 10.1. The minimum Gasteiger partial charge on any atom is -0.370 e. The summed E-state index contributed by atoms with van der Waals surface area (Å²) in [6.45, 7) is 10.8. The molecule has 3 N–H and O–H groups in total.